The summed E-state index contributed by atoms with van der Waals surface area (Å²) < 4.78 is 4.95. The van der Waals surface area contributed by atoms with Crippen LogP contribution in [0.5, 0.6) is 0 Å². The van der Waals surface area contributed by atoms with Crippen molar-refractivity contribution in [2.24, 2.45) is 11.8 Å². The number of rotatable bonds is 4. The lowest BCUT2D eigenvalue weighted by molar-refractivity contribution is -0.125. The van der Waals surface area contributed by atoms with Crippen molar-refractivity contribution >= 4 is 23.3 Å². The summed E-state index contributed by atoms with van der Waals surface area (Å²) in [5, 5.41) is 9.56. The highest BCUT2D eigenvalue weighted by molar-refractivity contribution is 5.94. The maximum absolute atomic E-state index is 12.5. The molecule has 6 nitrogen and oxygen atoms in total. The second-order valence-electron chi connectivity index (χ2n) is 6.66. The van der Waals surface area contributed by atoms with Gasteiger partial charge >= 0.3 is 0 Å². The third-order valence-electron chi connectivity index (χ3n) is 4.75. The molecule has 3 rings (SSSR count). The van der Waals surface area contributed by atoms with Gasteiger partial charge in [0, 0.05) is 23.6 Å². The number of anilines is 2. The number of nitrogens with zero attached hydrogens (tertiary/aromatic N) is 1. The molecule has 2 N–H and O–H groups in total. The number of para-hydroxylation sites is 1. The van der Waals surface area contributed by atoms with E-state index in [9.17, 15) is 9.59 Å². The van der Waals surface area contributed by atoms with Crippen molar-refractivity contribution in [2.45, 2.75) is 39.5 Å². The second kappa shape index (κ2) is 7.51. The molecule has 25 heavy (non-hydrogen) atoms. The molecule has 132 valence electrons. The summed E-state index contributed by atoms with van der Waals surface area (Å²) in [6, 6.07) is 9.44. The van der Waals surface area contributed by atoms with E-state index in [0.717, 1.165) is 11.3 Å². The van der Waals surface area contributed by atoms with Gasteiger partial charge in [-0.2, -0.15) is 0 Å². The predicted octanol–water partition coefficient (Wildman–Crippen LogP) is 3.68. The predicted molar refractivity (Wildman–Crippen MR) is 95.1 cm³/mol. The van der Waals surface area contributed by atoms with Crippen LogP contribution >= 0.6 is 0 Å². The number of aromatic nitrogens is 1. The maximum Gasteiger partial charge on any atom is 0.228 e. The van der Waals surface area contributed by atoms with Crippen LogP contribution in [0, 0.1) is 25.7 Å². The standard InChI is InChI=1S/C19H23N3O3/c1-12-5-3-4-6-16(12)20-18(23)14-7-9-15(10-8-14)19(24)21-17-11-13(2)25-22-17/h3-6,11,14-15H,7-10H2,1-2H3,(H,20,23)(H,21,22,24). The van der Waals surface area contributed by atoms with Gasteiger partial charge in [-0.1, -0.05) is 23.4 Å². The average molecular weight is 341 g/mol. The Morgan fingerprint density at radius 3 is 2.16 bits per heavy atom. The molecule has 2 amide bonds. The van der Waals surface area contributed by atoms with E-state index in [2.05, 4.69) is 15.8 Å². The smallest absolute Gasteiger partial charge is 0.228 e. The Kier molecular flexibility index (Phi) is 5.16. The zero-order valence-electron chi connectivity index (χ0n) is 14.5. The fourth-order valence-electron chi connectivity index (χ4n) is 3.22. The lowest BCUT2D eigenvalue weighted by Gasteiger charge is -2.27. The summed E-state index contributed by atoms with van der Waals surface area (Å²) in [6.07, 6.45) is 2.84. The summed E-state index contributed by atoms with van der Waals surface area (Å²) in [4.78, 5) is 24.8. The van der Waals surface area contributed by atoms with Gasteiger partial charge in [0.1, 0.15) is 5.76 Å². The van der Waals surface area contributed by atoms with Crippen molar-refractivity contribution < 1.29 is 14.1 Å². The summed E-state index contributed by atoms with van der Waals surface area (Å²) in [6.45, 7) is 3.75. The maximum atomic E-state index is 12.5. The van der Waals surface area contributed by atoms with E-state index >= 15 is 0 Å². The van der Waals surface area contributed by atoms with Gasteiger partial charge in [-0.15, -0.1) is 0 Å². The molecule has 0 bridgehead atoms. The Morgan fingerprint density at radius 2 is 1.60 bits per heavy atom. The lowest BCUT2D eigenvalue weighted by Crippen LogP contribution is -2.32. The molecule has 0 aliphatic heterocycles. The van der Waals surface area contributed by atoms with E-state index in [1.807, 2.05) is 31.2 Å². The minimum atomic E-state index is -0.0838. The minimum Gasteiger partial charge on any atom is -0.360 e. The van der Waals surface area contributed by atoms with Crippen molar-refractivity contribution in [3.8, 4) is 0 Å². The average Bonchev–Trinajstić information content (AvgIpc) is 3.02. The van der Waals surface area contributed by atoms with Crippen molar-refractivity contribution in [1.29, 1.82) is 0 Å². The number of benzene rings is 1. The van der Waals surface area contributed by atoms with Crippen LogP contribution in [-0.4, -0.2) is 17.0 Å². The molecule has 0 radical (unpaired) electrons. The quantitative estimate of drug-likeness (QED) is 0.888. The van der Waals surface area contributed by atoms with E-state index in [-0.39, 0.29) is 23.7 Å². The van der Waals surface area contributed by atoms with Crippen LogP contribution in [0.3, 0.4) is 0 Å². The van der Waals surface area contributed by atoms with Crippen molar-refractivity contribution in [1.82, 2.24) is 5.16 Å². The zero-order chi connectivity index (χ0) is 17.8. The van der Waals surface area contributed by atoms with E-state index in [1.54, 1.807) is 13.0 Å². The van der Waals surface area contributed by atoms with Crippen LogP contribution < -0.4 is 10.6 Å². The molecule has 1 aliphatic rings. The fraction of sp³-hybridized carbons (Fsp3) is 0.421. The highest BCUT2D eigenvalue weighted by atomic mass is 16.5. The fourth-order valence-corrected chi connectivity index (χ4v) is 3.22. The molecule has 1 aliphatic carbocycles. The molecule has 1 fully saturated rings. The Bertz CT molecular complexity index is 761. The van der Waals surface area contributed by atoms with Gasteiger partial charge in [-0.25, -0.2) is 0 Å². The van der Waals surface area contributed by atoms with E-state index in [4.69, 9.17) is 4.52 Å². The van der Waals surface area contributed by atoms with Crippen LogP contribution in [0.2, 0.25) is 0 Å². The SMILES string of the molecule is Cc1cc(NC(=O)C2CCC(C(=O)Nc3ccccc3C)CC2)no1. The normalized spacial score (nSPS) is 20.1. The highest BCUT2D eigenvalue weighted by Gasteiger charge is 2.30. The number of carbonyl (C=O) groups excluding carboxylic acids is 2. The minimum absolute atomic E-state index is 0.0419. The molecule has 0 atom stereocenters. The summed E-state index contributed by atoms with van der Waals surface area (Å²) in [5.41, 5.74) is 1.90. The Balaban J connectivity index is 1.50. The monoisotopic (exact) mass is 341 g/mol. The molecule has 1 heterocycles. The van der Waals surface area contributed by atoms with Crippen LogP contribution in [0.1, 0.15) is 37.0 Å². The van der Waals surface area contributed by atoms with Crippen LogP contribution in [0.4, 0.5) is 11.5 Å². The molecule has 2 aromatic rings. The second-order valence-corrected chi connectivity index (χ2v) is 6.66. The van der Waals surface area contributed by atoms with Gasteiger partial charge in [0.05, 0.1) is 0 Å². The zero-order valence-corrected chi connectivity index (χ0v) is 14.5. The third kappa shape index (κ3) is 4.26. The van der Waals surface area contributed by atoms with Gasteiger partial charge in [-0.05, 0) is 51.2 Å². The molecule has 6 heteroatoms. The van der Waals surface area contributed by atoms with E-state index in [1.165, 1.54) is 0 Å². The molecular weight excluding hydrogens is 318 g/mol. The van der Waals surface area contributed by atoms with Gasteiger partial charge in [0.2, 0.25) is 11.8 Å². The van der Waals surface area contributed by atoms with Crippen molar-refractivity contribution in [3.63, 3.8) is 0 Å². The van der Waals surface area contributed by atoms with Crippen molar-refractivity contribution in [2.75, 3.05) is 10.6 Å². The first-order valence-corrected chi connectivity index (χ1v) is 8.63. The van der Waals surface area contributed by atoms with Gasteiger partial charge in [-0.3, -0.25) is 9.59 Å². The molecule has 0 spiro atoms. The summed E-state index contributed by atoms with van der Waals surface area (Å²) in [7, 11) is 0. The first kappa shape index (κ1) is 17.2. The first-order chi connectivity index (χ1) is 12.0. The molecule has 0 unspecified atom stereocenters. The number of hydrogen-bond donors (Lipinski definition) is 2. The summed E-state index contributed by atoms with van der Waals surface area (Å²) >= 11 is 0. The van der Waals surface area contributed by atoms with Crippen LogP contribution in [0.15, 0.2) is 34.9 Å². The molecule has 1 aromatic carbocycles. The topological polar surface area (TPSA) is 84.2 Å². The Hall–Kier alpha value is -2.63. The van der Waals surface area contributed by atoms with Crippen molar-refractivity contribution in [3.05, 3.63) is 41.7 Å². The molecule has 0 saturated heterocycles. The van der Waals surface area contributed by atoms with E-state index < -0.39 is 0 Å². The number of carbonyl (C=O) groups is 2. The number of nitrogens with one attached hydrogen (secondary N) is 2. The number of hydrogen-bond acceptors (Lipinski definition) is 4. The lowest BCUT2D eigenvalue weighted by atomic mass is 9.81. The largest absolute Gasteiger partial charge is 0.360 e. The molecular formula is C19H23N3O3. The third-order valence-corrected chi connectivity index (χ3v) is 4.75. The molecule has 1 aromatic heterocycles. The Morgan fingerprint density at radius 1 is 1.00 bits per heavy atom. The van der Waals surface area contributed by atoms with E-state index in [0.29, 0.717) is 37.3 Å². The highest BCUT2D eigenvalue weighted by Crippen LogP contribution is 2.30. The number of aryl methyl sites for hydroxylation is 2. The van der Waals surface area contributed by atoms with Gasteiger partial charge < -0.3 is 15.2 Å². The van der Waals surface area contributed by atoms with Crippen LogP contribution in [0.25, 0.3) is 0 Å². The first-order valence-electron chi connectivity index (χ1n) is 8.63. The van der Waals surface area contributed by atoms with Gasteiger partial charge in [0.25, 0.3) is 0 Å². The number of amides is 2. The summed E-state index contributed by atoms with van der Waals surface area (Å²) in [5.74, 6) is 0.970. The molecule has 1 saturated carbocycles. The van der Waals surface area contributed by atoms with Gasteiger partial charge in [0.15, 0.2) is 5.82 Å². The Labute approximate surface area is 147 Å². The van der Waals surface area contributed by atoms with Crippen LogP contribution in [-0.2, 0) is 9.59 Å².